The highest BCUT2D eigenvalue weighted by atomic mass is 16.2. The minimum absolute atomic E-state index is 0.141. The van der Waals surface area contributed by atoms with Gasteiger partial charge in [-0.1, -0.05) is 6.42 Å². The van der Waals surface area contributed by atoms with Crippen molar-refractivity contribution < 1.29 is 4.79 Å². The molecule has 3 heterocycles. The number of likely N-dealkylation sites (tertiary alicyclic amines) is 2. The van der Waals surface area contributed by atoms with Gasteiger partial charge in [-0.25, -0.2) is 4.98 Å². The van der Waals surface area contributed by atoms with Crippen LogP contribution in [-0.4, -0.2) is 57.5 Å². The van der Waals surface area contributed by atoms with E-state index in [0.717, 1.165) is 30.9 Å². The summed E-state index contributed by atoms with van der Waals surface area (Å²) in [5.41, 5.74) is 1.57. The summed E-state index contributed by atoms with van der Waals surface area (Å²) in [4.78, 5) is 21.4. The molecule has 2 fully saturated rings. The van der Waals surface area contributed by atoms with Crippen molar-refractivity contribution in [2.24, 2.45) is 7.05 Å². The second-order valence-electron chi connectivity index (χ2n) is 6.08. The van der Waals surface area contributed by atoms with Gasteiger partial charge in [0.2, 0.25) is 0 Å². The molecule has 5 heteroatoms. The van der Waals surface area contributed by atoms with E-state index in [4.69, 9.17) is 0 Å². The number of carbonyl (C=O) groups excluding carboxylic acids is 1. The maximum absolute atomic E-state index is 12.6. The van der Waals surface area contributed by atoms with Gasteiger partial charge in [0.1, 0.15) is 5.69 Å². The molecule has 0 spiro atoms. The van der Waals surface area contributed by atoms with Crippen LogP contribution in [0, 0.1) is 6.92 Å². The van der Waals surface area contributed by atoms with Gasteiger partial charge in [0.15, 0.2) is 0 Å². The van der Waals surface area contributed by atoms with Gasteiger partial charge in [0.25, 0.3) is 5.91 Å². The second-order valence-corrected chi connectivity index (χ2v) is 6.08. The number of piperidine rings is 1. The summed E-state index contributed by atoms with van der Waals surface area (Å²) in [6.07, 6.45) is 6.82. The molecule has 0 saturated carbocycles. The van der Waals surface area contributed by atoms with Gasteiger partial charge < -0.3 is 9.47 Å². The van der Waals surface area contributed by atoms with Gasteiger partial charge in [-0.2, -0.15) is 0 Å². The number of rotatable bonds is 2. The Hall–Kier alpha value is -1.36. The van der Waals surface area contributed by atoms with E-state index in [0.29, 0.717) is 6.04 Å². The average molecular weight is 276 g/mol. The second kappa shape index (κ2) is 5.56. The molecule has 2 aliphatic rings. The third-order valence-corrected chi connectivity index (χ3v) is 4.68. The predicted octanol–water partition coefficient (Wildman–Crippen LogP) is 1.43. The molecular formula is C15H24N4O. The Bertz CT molecular complexity index is 471. The van der Waals surface area contributed by atoms with Crippen molar-refractivity contribution >= 4 is 5.91 Å². The Morgan fingerprint density at radius 2 is 2.00 bits per heavy atom. The molecule has 5 nitrogen and oxygen atoms in total. The van der Waals surface area contributed by atoms with Crippen LogP contribution in [0.3, 0.4) is 0 Å². The van der Waals surface area contributed by atoms with Crippen LogP contribution in [-0.2, 0) is 7.05 Å². The summed E-state index contributed by atoms with van der Waals surface area (Å²) in [6, 6.07) is 0.563. The van der Waals surface area contributed by atoms with Crippen LogP contribution in [0.1, 0.15) is 41.9 Å². The monoisotopic (exact) mass is 276 g/mol. The summed E-state index contributed by atoms with van der Waals surface area (Å²) in [7, 11) is 1.89. The Kier molecular flexibility index (Phi) is 3.78. The fourth-order valence-corrected chi connectivity index (χ4v) is 3.51. The smallest absolute Gasteiger partial charge is 0.272 e. The highest BCUT2D eigenvalue weighted by Crippen LogP contribution is 2.22. The van der Waals surface area contributed by atoms with Gasteiger partial charge >= 0.3 is 0 Å². The van der Waals surface area contributed by atoms with Gasteiger partial charge in [0.05, 0.1) is 12.0 Å². The summed E-state index contributed by atoms with van der Waals surface area (Å²) in [5, 5.41) is 0. The molecule has 20 heavy (non-hydrogen) atoms. The number of hydrogen-bond acceptors (Lipinski definition) is 3. The van der Waals surface area contributed by atoms with E-state index in [1.54, 1.807) is 6.33 Å². The van der Waals surface area contributed by atoms with Crippen molar-refractivity contribution in [1.82, 2.24) is 19.4 Å². The molecule has 0 unspecified atom stereocenters. The fourth-order valence-electron chi connectivity index (χ4n) is 3.51. The molecule has 1 aromatic rings. The molecule has 2 aliphatic heterocycles. The van der Waals surface area contributed by atoms with Crippen molar-refractivity contribution in [3.05, 3.63) is 17.7 Å². The van der Waals surface area contributed by atoms with Crippen LogP contribution in [0.25, 0.3) is 0 Å². The molecular weight excluding hydrogens is 252 g/mol. The SMILES string of the molecule is Cc1ncn(C)c1C(=O)N1CC[C@@H](N2CCCCC2)C1. The first-order valence-corrected chi connectivity index (χ1v) is 7.68. The van der Waals surface area contributed by atoms with Crippen LogP contribution in [0.2, 0.25) is 0 Å². The molecule has 0 radical (unpaired) electrons. The molecule has 0 aromatic carbocycles. The zero-order chi connectivity index (χ0) is 14.1. The molecule has 3 rings (SSSR count). The Balaban J connectivity index is 1.66. The van der Waals surface area contributed by atoms with Gasteiger partial charge in [-0.05, 0) is 39.3 Å². The number of nitrogens with zero attached hydrogens (tertiary/aromatic N) is 4. The van der Waals surface area contributed by atoms with Crippen LogP contribution < -0.4 is 0 Å². The van der Waals surface area contributed by atoms with Crippen molar-refractivity contribution in [1.29, 1.82) is 0 Å². The minimum atomic E-state index is 0.141. The average Bonchev–Trinajstić information content (AvgIpc) is 3.07. The lowest BCUT2D eigenvalue weighted by Crippen LogP contribution is -2.41. The van der Waals surface area contributed by atoms with Crippen LogP contribution in [0.4, 0.5) is 0 Å². The molecule has 2 saturated heterocycles. The van der Waals surface area contributed by atoms with E-state index in [1.807, 2.05) is 23.4 Å². The minimum Gasteiger partial charge on any atom is -0.336 e. The van der Waals surface area contributed by atoms with Crippen LogP contribution in [0.15, 0.2) is 6.33 Å². The molecule has 0 N–H and O–H groups in total. The molecule has 0 aliphatic carbocycles. The Morgan fingerprint density at radius 1 is 1.25 bits per heavy atom. The highest BCUT2D eigenvalue weighted by Gasteiger charge is 2.32. The maximum Gasteiger partial charge on any atom is 0.272 e. The number of carbonyl (C=O) groups is 1. The first kappa shape index (κ1) is 13.6. The normalized spacial score (nSPS) is 24.3. The first-order chi connectivity index (χ1) is 9.66. The summed E-state index contributed by atoms with van der Waals surface area (Å²) >= 11 is 0. The predicted molar refractivity (Wildman–Crippen MR) is 77.7 cm³/mol. The lowest BCUT2D eigenvalue weighted by Gasteiger charge is -2.32. The molecule has 1 atom stereocenters. The van der Waals surface area contributed by atoms with Crippen LogP contribution >= 0.6 is 0 Å². The van der Waals surface area contributed by atoms with Crippen molar-refractivity contribution in [3.63, 3.8) is 0 Å². The maximum atomic E-state index is 12.6. The lowest BCUT2D eigenvalue weighted by atomic mass is 10.1. The van der Waals surface area contributed by atoms with Gasteiger partial charge in [0, 0.05) is 26.2 Å². The van der Waals surface area contributed by atoms with Crippen molar-refractivity contribution in [3.8, 4) is 0 Å². The van der Waals surface area contributed by atoms with E-state index < -0.39 is 0 Å². The number of aromatic nitrogens is 2. The summed E-state index contributed by atoms with van der Waals surface area (Å²) in [6.45, 7) is 6.08. The van der Waals surface area contributed by atoms with Gasteiger partial charge in [-0.15, -0.1) is 0 Å². The van der Waals surface area contributed by atoms with E-state index in [-0.39, 0.29) is 5.91 Å². The van der Waals surface area contributed by atoms with E-state index in [2.05, 4.69) is 9.88 Å². The topological polar surface area (TPSA) is 41.4 Å². The Morgan fingerprint density at radius 3 is 2.65 bits per heavy atom. The third kappa shape index (κ3) is 2.46. The molecule has 0 bridgehead atoms. The molecule has 1 amide bonds. The molecule has 110 valence electrons. The summed E-state index contributed by atoms with van der Waals surface area (Å²) in [5.74, 6) is 0.141. The number of hydrogen-bond donors (Lipinski definition) is 0. The standard InChI is InChI=1S/C15H24N4O/c1-12-14(17(2)11-16-12)15(20)19-9-6-13(10-19)18-7-4-3-5-8-18/h11,13H,3-10H2,1-2H3/t13-/m1/s1. The fraction of sp³-hybridized carbons (Fsp3) is 0.733. The third-order valence-electron chi connectivity index (χ3n) is 4.68. The zero-order valence-corrected chi connectivity index (χ0v) is 12.5. The van der Waals surface area contributed by atoms with E-state index in [1.165, 1.54) is 32.4 Å². The van der Waals surface area contributed by atoms with Crippen molar-refractivity contribution in [2.75, 3.05) is 26.2 Å². The Labute approximate surface area is 120 Å². The molecule has 1 aromatic heterocycles. The van der Waals surface area contributed by atoms with Gasteiger partial charge in [-0.3, -0.25) is 9.69 Å². The van der Waals surface area contributed by atoms with Crippen LogP contribution in [0.5, 0.6) is 0 Å². The first-order valence-electron chi connectivity index (χ1n) is 7.68. The lowest BCUT2D eigenvalue weighted by molar-refractivity contribution is 0.0761. The quantitative estimate of drug-likeness (QED) is 0.820. The highest BCUT2D eigenvalue weighted by molar-refractivity contribution is 5.93. The van der Waals surface area contributed by atoms with E-state index >= 15 is 0 Å². The summed E-state index contributed by atoms with van der Waals surface area (Å²) < 4.78 is 1.84. The zero-order valence-electron chi connectivity index (χ0n) is 12.5. The largest absolute Gasteiger partial charge is 0.336 e. The number of amides is 1. The van der Waals surface area contributed by atoms with E-state index in [9.17, 15) is 4.79 Å². The van der Waals surface area contributed by atoms with Crippen molar-refractivity contribution in [2.45, 2.75) is 38.6 Å². The number of imidazole rings is 1. The number of aryl methyl sites for hydroxylation is 2.